The van der Waals surface area contributed by atoms with Gasteiger partial charge in [0.1, 0.15) is 11.6 Å². The van der Waals surface area contributed by atoms with E-state index in [2.05, 4.69) is 16.9 Å². The molecule has 4 nitrogen and oxygen atoms in total. The zero-order valence-corrected chi connectivity index (χ0v) is 13.1. The van der Waals surface area contributed by atoms with Gasteiger partial charge >= 0.3 is 0 Å². The van der Waals surface area contributed by atoms with Crippen molar-refractivity contribution in [2.75, 3.05) is 5.32 Å². The zero-order valence-electron chi connectivity index (χ0n) is 13.1. The molecule has 4 heteroatoms. The number of amides is 1. The first-order valence-corrected chi connectivity index (χ1v) is 7.04. The Morgan fingerprint density at radius 2 is 1.82 bits per heavy atom. The van der Waals surface area contributed by atoms with E-state index in [0.717, 1.165) is 16.7 Å². The lowest BCUT2D eigenvalue weighted by Crippen LogP contribution is -2.28. The van der Waals surface area contributed by atoms with E-state index in [4.69, 9.17) is 0 Å². The van der Waals surface area contributed by atoms with E-state index in [1.54, 1.807) is 36.5 Å². The van der Waals surface area contributed by atoms with Gasteiger partial charge in [-0.2, -0.15) is 0 Å². The Kier molecular flexibility index (Phi) is 4.31. The van der Waals surface area contributed by atoms with Crippen molar-refractivity contribution in [1.29, 1.82) is 0 Å². The molecule has 0 atom stereocenters. The van der Waals surface area contributed by atoms with Gasteiger partial charge < -0.3 is 10.4 Å². The van der Waals surface area contributed by atoms with Crippen molar-refractivity contribution >= 4 is 17.3 Å². The second-order valence-corrected chi connectivity index (χ2v) is 6.13. The van der Waals surface area contributed by atoms with Crippen LogP contribution in [-0.4, -0.2) is 16.0 Å². The van der Waals surface area contributed by atoms with Crippen LogP contribution in [0.15, 0.2) is 49.2 Å². The van der Waals surface area contributed by atoms with E-state index in [1.807, 2.05) is 26.8 Å². The second kappa shape index (κ2) is 6.02. The summed E-state index contributed by atoms with van der Waals surface area (Å²) in [5.74, 6) is 0.579. The summed E-state index contributed by atoms with van der Waals surface area (Å²) in [7, 11) is 0. The smallest absolute Gasteiger partial charge is 0.230 e. The number of aromatic nitrogens is 1. The summed E-state index contributed by atoms with van der Waals surface area (Å²) >= 11 is 0. The van der Waals surface area contributed by atoms with Crippen molar-refractivity contribution in [3.05, 3.63) is 60.3 Å². The van der Waals surface area contributed by atoms with Crippen LogP contribution in [0.2, 0.25) is 0 Å². The average molecular weight is 296 g/mol. The van der Waals surface area contributed by atoms with Gasteiger partial charge in [-0.25, -0.2) is 4.98 Å². The third kappa shape index (κ3) is 3.52. The van der Waals surface area contributed by atoms with E-state index in [-0.39, 0.29) is 11.7 Å². The molecule has 0 unspecified atom stereocenters. The number of nitrogens with one attached hydrogen (secondary N) is 1. The highest BCUT2D eigenvalue weighted by atomic mass is 16.3. The molecule has 1 heterocycles. The van der Waals surface area contributed by atoms with Crippen LogP contribution in [0.3, 0.4) is 0 Å². The molecular formula is C18H20N2O2. The van der Waals surface area contributed by atoms with Crippen LogP contribution < -0.4 is 5.32 Å². The fraction of sp³-hybridized carbons (Fsp3) is 0.222. The topological polar surface area (TPSA) is 62.2 Å². The Morgan fingerprint density at radius 3 is 2.41 bits per heavy atom. The molecule has 0 saturated carbocycles. The lowest BCUT2D eigenvalue weighted by atomic mass is 9.95. The van der Waals surface area contributed by atoms with E-state index in [1.165, 1.54) is 0 Å². The summed E-state index contributed by atoms with van der Waals surface area (Å²) in [6.07, 6.45) is 1.63. The van der Waals surface area contributed by atoms with Gasteiger partial charge in [0.05, 0.1) is 0 Å². The minimum Gasteiger partial charge on any atom is -0.508 e. The highest BCUT2D eigenvalue weighted by Crippen LogP contribution is 2.28. The molecule has 0 aliphatic heterocycles. The Balaban J connectivity index is 2.34. The molecule has 0 radical (unpaired) electrons. The predicted molar refractivity (Wildman–Crippen MR) is 88.6 cm³/mol. The van der Waals surface area contributed by atoms with Gasteiger partial charge in [0.2, 0.25) is 5.91 Å². The summed E-state index contributed by atoms with van der Waals surface area (Å²) in [6, 6.07) is 10.4. The van der Waals surface area contributed by atoms with Crippen LogP contribution in [-0.2, 0) is 4.79 Å². The first-order valence-electron chi connectivity index (χ1n) is 7.04. The van der Waals surface area contributed by atoms with Crippen molar-refractivity contribution in [2.24, 2.45) is 5.41 Å². The fourth-order valence-corrected chi connectivity index (χ4v) is 1.86. The number of carbonyl (C=O) groups excluding carboxylic acids is 1. The van der Waals surface area contributed by atoms with Crippen molar-refractivity contribution in [2.45, 2.75) is 20.8 Å². The normalized spacial score (nSPS) is 11.0. The van der Waals surface area contributed by atoms with E-state index >= 15 is 0 Å². The number of carbonyl (C=O) groups is 1. The molecule has 2 rings (SSSR count). The number of nitrogens with zero attached hydrogens (tertiary/aromatic N) is 1. The number of phenols is 1. The number of rotatable bonds is 3. The number of hydrogen-bond donors (Lipinski definition) is 2. The Labute approximate surface area is 130 Å². The van der Waals surface area contributed by atoms with Crippen LogP contribution in [0.4, 0.5) is 5.82 Å². The fourth-order valence-electron chi connectivity index (χ4n) is 1.86. The van der Waals surface area contributed by atoms with Crippen molar-refractivity contribution in [1.82, 2.24) is 4.98 Å². The number of anilines is 1. The molecule has 0 bridgehead atoms. The first kappa shape index (κ1) is 15.8. The van der Waals surface area contributed by atoms with Gasteiger partial charge in [0.15, 0.2) is 0 Å². The molecular weight excluding hydrogens is 276 g/mol. The van der Waals surface area contributed by atoms with Gasteiger partial charge in [0, 0.05) is 17.2 Å². The van der Waals surface area contributed by atoms with Crippen LogP contribution in [0.25, 0.3) is 5.57 Å². The summed E-state index contributed by atoms with van der Waals surface area (Å²) in [6.45, 7) is 9.62. The molecule has 0 aliphatic carbocycles. The largest absolute Gasteiger partial charge is 0.508 e. The predicted octanol–water partition coefficient (Wildman–Crippen LogP) is 3.83. The standard InChI is InChI=1S/C18H20N2O2/c1-12(13-7-9-14(21)10-8-13)15-6-5-11-19-16(15)20-17(22)18(2,3)4/h5-11,21H,1H2,2-4H3,(H,19,20,22). The minimum atomic E-state index is -0.505. The van der Waals surface area contributed by atoms with E-state index in [9.17, 15) is 9.90 Å². The van der Waals surface area contributed by atoms with Gasteiger partial charge in [-0.1, -0.05) is 39.5 Å². The lowest BCUT2D eigenvalue weighted by molar-refractivity contribution is -0.123. The monoisotopic (exact) mass is 296 g/mol. The summed E-state index contributed by atoms with van der Waals surface area (Å²) < 4.78 is 0. The molecule has 2 N–H and O–H groups in total. The molecule has 2 aromatic rings. The molecule has 1 amide bonds. The average Bonchev–Trinajstić information content (AvgIpc) is 2.47. The molecule has 0 saturated heterocycles. The maximum atomic E-state index is 12.2. The molecule has 22 heavy (non-hydrogen) atoms. The van der Waals surface area contributed by atoms with Crippen LogP contribution in [0.5, 0.6) is 5.75 Å². The zero-order chi connectivity index (χ0) is 16.3. The number of benzene rings is 1. The number of phenolic OH excluding ortho intramolecular Hbond substituents is 1. The van der Waals surface area contributed by atoms with Crippen LogP contribution >= 0.6 is 0 Å². The van der Waals surface area contributed by atoms with Crippen molar-refractivity contribution < 1.29 is 9.90 Å². The van der Waals surface area contributed by atoms with Gasteiger partial charge in [-0.3, -0.25) is 4.79 Å². The van der Waals surface area contributed by atoms with Gasteiger partial charge in [-0.15, -0.1) is 0 Å². The van der Waals surface area contributed by atoms with E-state index < -0.39 is 5.41 Å². The van der Waals surface area contributed by atoms with Gasteiger partial charge in [-0.05, 0) is 35.4 Å². The molecule has 1 aromatic heterocycles. The summed E-state index contributed by atoms with van der Waals surface area (Å²) in [5.41, 5.74) is 1.84. The van der Waals surface area contributed by atoms with Crippen LogP contribution in [0.1, 0.15) is 31.9 Å². The number of hydrogen-bond acceptors (Lipinski definition) is 3. The van der Waals surface area contributed by atoms with Gasteiger partial charge in [0.25, 0.3) is 0 Å². The summed E-state index contributed by atoms with van der Waals surface area (Å²) in [4.78, 5) is 16.4. The number of pyridine rings is 1. The van der Waals surface area contributed by atoms with Crippen molar-refractivity contribution in [3.63, 3.8) is 0 Å². The Morgan fingerprint density at radius 1 is 1.18 bits per heavy atom. The molecule has 0 spiro atoms. The minimum absolute atomic E-state index is 0.106. The third-order valence-electron chi connectivity index (χ3n) is 3.26. The quantitative estimate of drug-likeness (QED) is 0.904. The first-order chi connectivity index (χ1) is 10.3. The Bertz CT molecular complexity index is 698. The lowest BCUT2D eigenvalue weighted by Gasteiger charge is -2.19. The summed E-state index contributed by atoms with van der Waals surface area (Å²) in [5, 5.41) is 12.2. The molecule has 0 fully saturated rings. The maximum Gasteiger partial charge on any atom is 0.230 e. The Hall–Kier alpha value is -2.62. The SMILES string of the molecule is C=C(c1ccc(O)cc1)c1cccnc1NC(=O)C(C)(C)C. The molecule has 114 valence electrons. The second-order valence-electron chi connectivity index (χ2n) is 6.13. The molecule has 1 aromatic carbocycles. The number of aromatic hydroxyl groups is 1. The van der Waals surface area contributed by atoms with E-state index in [0.29, 0.717) is 5.82 Å². The van der Waals surface area contributed by atoms with Crippen molar-refractivity contribution in [3.8, 4) is 5.75 Å². The third-order valence-corrected chi connectivity index (χ3v) is 3.26. The molecule has 0 aliphatic rings. The highest BCUT2D eigenvalue weighted by molar-refractivity contribution is 5.97. The maximum absolute atomic E-state index is 12.2. The van der Waals surface area contributed by atoms with Crippen LogP contribution in [0, 0.1) is 5.41 Å². The highest BCUT2D eigenvalue weighted by Gasteiger charge is 2.23.